The van der Waals surface area contributed by atoms with Crippen LogP contribution in [0.25, 0.3) is 11.0 Å². The molecule has 30 heavy (non-hydrogen) atoms. The zero-order valence-electron chi connectivity index (χ0n) is 16.6. The van der Waals surface area contributed by atoms with Crippen molar-refractivity contribution >= 4 is 26.8 Å². The lowest BCUT2D eigenvalue weighted by Gasteiger charge is -2.26. The molecule has 1 aliphatic rings. The fourth-order valence-electron chi connectivity index (χ4n) is 4.09. The van der Waals surface area contributed by atoms with Crippen LogP contribution in [0.4, 0.5) is 0 Å². The monoisotopic (exact) mass is 426 g/mol. The fraction of sp³-hybridized carbons (Fsp3) is 0.304. The zero-order valence-corrected chi connectivity index (χ0v) is 17.4. The number of hydrogen-bond acceptors (Lipinski definition) is 6. The van der Waals surface area contributed by atoms with Crippen LogP contribution < -0.4 is 5.63 Å². The molecule has 7 heteroatoms. The summed E-state index contributed by atoms with van der Waals surface area (Å²) in [4.78, 5) is 25.2. The Kier molecular flexibility index (Phi) is 5.24. The highest BCUT2D eigenvalue weighted by molar-refractivity contribution is 7.93. The summed E-state index contributed by atoms with van der Waals surface area (Å²) in [7, 11) is -3.92. The SMILES string of the molecule is Cc1ccc2c(COC(=O)C3(S(=O)(=O)c4ccccc4)CCCC3)cc(=O)oc2c1. The van der Waals surface area contributed by atoms with E-state index in [0.29, 0.717) is 29.4 Å². The zero-order chi connectivity index (χ0) is 21.4. The van der Waals surface area contributed by atoms with E-state index in [9.17, 15) is 18.0 Å². The van der Waals surface area contributed by atoms with E-state index >= 15 is 0 Å². The highest BCUT2D eigenvalue weighted by atomic mass is 32.2. The summed E-state index contributed by atoms with van der Waals surface area (Å²) in [6, 6.07) is 14.7. The molecule has 0 spiro atoms. The molecule has 0 radical (unpaired) electrons. The molecule has 6 nitrogen and oxygen atoms in total. The van der Waals surface area contributed by atoms with E-state index in [1.807, 2.05) is 13.0 Å². The molecular formula is C23H22O6S. The fourth-order valence-corrected chi connectivity index (χ4v) is 6.16. The van der Waals surface area contributed by atoms with E-state index in [4.69, 9.17) is 9.15 Å². The van der Waals surface area contributed by atoms with Crippen LogP contribution in [0.2, 0.25) is 0 Å². The van der Waals surface area contributed by atoms with Crippen molar-refractivity contribution in [2.24, 2.45) is 0 Å². The first-order valence-electron chi connectivity index (χ1n) is 9.84. The number of carbonyl (C=O) groups excluding carboxylic acids is 1. The van der Waals surface area contributed by atoms with Crippen LogP contribution in [-0.4, -0.2) is 19.1 Å². The third-order valence-electron chi connectivity index (χ3n) is 5.70. The van der Waals surface area contributed by atoms with Gasteiger partial charge in [0, 0.05) is 17.0 Å². The quantitative estimate of drug-likeness (QED) is 0.454. The van der Waals surface area contributed by atoms with Crippen LogP contribution in [0.5, 0.6) is 0 Å². The van der Waals surface area contributed by atoms with Gasteiger partial charge in [-0.05, 0) is 43.5 Å². The topological polar surface area (TPSA) is 90.7 Å². The van der Waals surface area contributed by atoms with E-state index in [2.05, 4.69) is 0 Å². The average Bonchev–Trinajstić information content (AvgIpc) is 3.24. The second kappa shape index (κ2) is 7.72. The van der Waals surface area contributed by atoms with Crippen molar-refractivity contribution in [3.05, 3.63) is 76.1 Å². The summed E-state index contributed by atoms with van der Waals surface area (Å²) in [5, 5.41) is 0.652. The minimum Gasteiger partial charge on any atom is -0.460 e. The largest absolute Gasteiger partial charge is 0.460 e. The van der Waals surface area contributed by atoms with Gasteiger partial charge >= 0.3 is 11.6 Å². The van der Waals surface area contributed by atoms with Crippen molar-refractivity contribution in [1.82, 2.24) is 0 Å². The van der Waals surface area contributed by atoms with Gasteiger partial charge in [0.15, 0.2) is 14.6 Å². The number of ether oxygens (including phenoxy) is 1. The summed E-state index contributed by atoms with van der Waals surface area (Å²) in [6.07, 6.45) is 1.72. The van der Waals surface area contributed by atoms with E-state index < -0.39 is 26.2 Å². The molecule has 4 rings (SSSR count). The molecule has 0 aliphatic heterocycles. The molecule has 2 aromatic carbocycles. The Morgan fingerprint density at radius 2 is 1.77 bits per heavy atom. The van der Waals surface area contributed by atoms with Crippen LogP contribution in [0.3, 0.4) is 0 Å². The predicted octanol–water partition coefficient (Wildman–Crippen LogP) is 3.93. The molecular weight excluding hydrogens is 404 g/mol. The molecule has 0 atom stereocenters. The van der Waals surface area contributed by atoms with Crippen molar-refractivity contribution in [1.29, 1.82) is 0 Å². The number of esters is 1. The molecule has 1 aromatic heterocycles. The first-order valence-corrected chi connectivity index (χ1v) is 11.3. The maximum absolute atomic E-state index is 13.3. The number of hydrogen-bond donors (Lipinski definition) is 0. The molecule has 156 valence electrons. The van der Waals surface area contributed by atoms with E-state index in [0.717, 1.165) is 5.56 Å². The van der Waals surface area contributed by atoms with Crippen LogP contribution in [-0.2, 0) is 26.0 Å². The molecule has 0 amide bonds. The Morgan fingerprint density at radius 1 is 1.07 bits per heavy atom. The second-order valence-electron chi connectivity index (χ2n) is 7.68. The van der Waals surface area contributed by atoms with Gasteiger partial charge in [-0.25, -0.2) is 13.2 Å². The first-order chi connectivity index (χ1) is 14.3. The lowest BCUT2D eigenvalue weighted by atomic mass is 10.1. The van der Waals surface area contributed by atoms with Gasteiger partial charge in [-0.1, -0.05) is 43.2 Å². The molecule has 1 saturated carbocycles. The maximum Gasteiger partial charge on any atom is 0.336 e. The van der Waals surface area contributed by atoms with Crippen molar-refractivity contribution < 1.29 is 22.4 Å². The van der Waals surface area contributed by atoms with Crippen LogP contribution in [0.15, 0.2) is 68.7 Å². The van der Waals surface area contributed by atoms with Crippen molar-refractivity contribution in [2.75, 3.05) is 0 Å². The van der Waals surface area contributed by atoms with Crippen molar-refractivity contribution in [2.45, 2.75) is 48.9 Å². The van der Waals surface area contributed by atoms with Crippen LogP contribution in [0, 0.1) is 6.92 Å². The molecule has 1 heterocycles. The third-order valence-corrected chi connectivity index (χ3v) is 8.19. The van der Waals surface area contributed by atoms with Gasteiger partial charge in [0.05, 0.1) is 4.90 Å². The number of fused-ring (bicyclic) bond motifs is 1. The third kappa shape index (κ3) is 3.43. The highest BCUT2D eigenvalue weighted by Gasteiger charge is 2.54. The number of carbonyl (C=O) groups is 1. The molecule has 0 unspecified atom stereocenters. The summed E-state index contributed by atoms with van der Waals surface area (Å²) in [6.45, 7) is 1.68. The number of benzene rings is 2. The van der Waals surface area contributed by atoms with Gasteiger partial charge < -0.3 is 9.15 Å². The Hall–Kier alpha value is -2.93. The van der Waals surface area contributed by atoms with Crippen molar-refractivity contribution in [3.63, 3.8) is 0 Å². The minimum atomic E-state index is -3.92. The van der Waals surface area contributed by atoms with Gasteiger partial charge in [0.25, 0.3) is 0 Å². The van der Waals surface area contributed by atoms with Crippen LogP contribution >= 0.6 is 0 Å². The Bertz CT molecular complexity index is 1250. The standard InChI is InChI=1S/C23H22O6S/c1-16-9-10-19-17(14-21(24)29-20(19)13-16)15-28-22(25)23(11-5-6-12-23)30(26,27)18-7-3-2-4-8-18/h2-4,7-10,13-14H,5-6,11-12,15H2,1H3. The average molecular weight is 426 g/mol. The van der Waals surface area contributed by atoms with E-state index in [1.54, 1.807) is 30.3 Å². The molecule has 0 bridgehead atoms. The Labute approximate surface area is 174 Å². The van der Waals surface area contributed by atoms with Gasteiger partial charge in [-0.15, -0.1) is 0 Å². The molecule has 3 aromatic rings. The van der Waals surface area contributed by atoms with Gasteiger partial charge in [0.2, 0.25) is 0 Å². The second-order valence-corrected chi connectivity index (χ2v) is 9.94. The van der Waals surface area contributed by atoms with Crippen LogP contribution in [0.1, 0.15) is 36.8 Å². The summed E-state index contributed by atoms with van der Waals surface area (Å²) in [5.74, 6) is -0.766. The van der Waals surface area contributed by atoms with Gasteiger partial charge in [-0.2, -0.15) is 0 Å². The lowest BCUT2D eigenvalue weighted by molar-refractivity contribution is -0.148. The van der Waals surface area contributed by atoms with Gasteiger partial charge in [-0.3, -0.25) is 4.79 Å². The predicted molar refractivity (Wildman–Crippen MR) is 112 cm³/mol. The smallest absolute Gasteiger partial charge is 0.336 e. The molecule has 0 N–H and O–H groups in total. The summed E-state index contributed by atoms with van der Waals surface area (Å²) in [5.41, 5.74) is 1.27. The number of sulfone groups is 1. The van der Waals surface area contributed by atoms with Gasteiger partial charge in [0.1, 0.15) is 12.2 Å². The minimum absolute atomic E-state index is 0.116. The van der Waals surface area contributed by atoms with Crippen molar-refractivity contribution in [3.8, 4) is 0 Å². The Balaban J connectivity index is 1.66. The summed E-state index contributed by atoms with van der Waals surface area (Å²) < 4.78 is 35.8. The summed E-state index contributed by atoms with van der Waals surface area (Å²) >= 11 is 0. The molecule has 1 fully saturated rings. The normalized spacial score (nSPS) is 15.9. The maximum atomic E-state index is 13.3. The van der Waals surface area contributed by atoms with E-state index in [-0.39, 0.29) is 24.3 Å². The number of rotatable bonds is 5. The molecule has 0 saturated heterocycles. The lowest BCUT2D eigenvalue weighted by Crippen LogP contribution is -2.45. The molecule has 1 aliphatic carbocycles. The first kappa shape index (κ1) is 20.3. The highest BCUT2D eigenvalue weighted by Crippen LogP contribution is 2.41. The Morgan fingerprint density at radius 3 is 2.47 bits per heavy atom. The number of aryl methyl sites for hydroxylation is 1. The van der Waals surface area contributed by atoms with E-state index in [1.165, 1.54) is 18.2 Å².